The summed E-state index contributed by atoms with van der Waals surface area (Å²) in [6.07, 6.45) is -0.387. The largest absolute Gasteiger partial charge is 0.417 e. The number of nitrogens with zero attached hydrogens (tertiary/aromatic N) is 3. The zero-order valence-corrected chi connectivity index (χ0v) is 18.5. The summed E-state index contributed by atoms with van der Waals surface area (Å²) in [5.74, 6) is 3.10. The van der Waals surface area contributed by atoms with Gasteiger partial charge in [0.1, 0.15) is 11.7 Å². The summed E-state index contributed by atoms with van der Waals surface area (Å²) in [5.41, 5.74) is 0.610. The predicted octanol–water partition coefficient (Wildman–Crippen LogP) is 2.26. The topological polar surface area (TPSA) is 103 Å². The molecule has 0 radical (unpaired) electrons. The van der Waals surface area contributed by atoms with Crippen molar-refractivity contribution in [1.82, 2.24) is 14.8 Å². The minimum atomic E-state index is -4.48. The average molecular weight is 477 g/mol. The number of rotatable bonds is 8. The molecule has 0 bridgehead atoms. The third-order valence-electron chi connectivity index (χ3n) is 5.02. The number of alkyl halides is 3. The molecule has 1 aliphatic rings. The lowest BCUT2D eigenvalue weighted by Gasteiger charge is -2.35. The highest BCUT2D eigenvalue weighted by atomic mass is 32.2. The summed E-state index contributed by atoms with van der Waals surface area (Å²) in [6, 6.07) is 2.19. The van der Waals surface area contributed by atoms with Gasteiger partial charge >= 0.3 is 6.18 Å². The number of pyridine rings is 1. The molecule has 32 heavy (non-hydrogen) atoms. The lowest BCUT2D eigenvalue weighted by molar-refractivity contribution is -0.137. The quantitative estimate of drug-likeness (QED) is 0.258. The lowest BCUT2D eigenvalue weighted by atomic mass is 10.1. The van der Waals surface area contributed by atoms with E-state index in [9.17, 15) is 26.4 Å². The van der Waals surface area contributed by atoms with Gasteiger partial charge in [-0.25, -0.2) is 18.9 Å². The maximum absolute atomic E-state index is 12.8. The molecule has 1 saturated heterocycles. The number of carbonyl (C=O) groups is 1. The Kier molecular flexibility index (Phi) is 9.30. The van der Waals surface area contributed by atoms with Gasteiger partial charge in [-0.1, -0.05) is 25.7 Å². The van der Waals surface area contributed by atoms with E-state index in [4.69, 9.17) is 5.21 Å². The zero-order valence-electron chi connectivity index (χ0n) is 17.7. The first kappa shape index (κ1) is 25.9. The van der Waals surface area contributed by atoms with Crippen molar-refractivity contribution in [2.45, 2.75) is 38.8 Å². The van der Waals surface area contributed by atoms with Gasteiger partial charge in [-0.15, -0.1) is 5.92 Å². The standard InChI is InChI=1S/C20H27F3N4O4S/c1-2-3-4-5-6-7-16(19(28)25-29)15-32(30,31)27-12-10-26(11-13-27)18-9-8-17(14-24-18)20(21,22)23/h8-9,14,16,29H,2-5,10-13,15H2,1H3,(H,25,28). The fourth-order valence-corrected chi connectivity index (χ4v) is 4.76. The van der Waals surface area contributed by atoms with Crippen LogP contribution in [-0.2, 0) is 21.0 Å². The molecular formula is C20H27F3N4O4S. The number of sulfonamides is 1. The van der Waals surface area contributed by atoms with Crippen LogP contribution in [0.1, 0.15) is 38.2 Å². The molecule has 1 amide bonds. The molecule has 2 N–H and O–H groups in total. The molecule has 2 rings (SSSR count). The molecule has 1 aromatic rings. The monoisotopic (exact) mass is 476 g/mol. The van der Waals surface area contributed by atoms with E-state index in [0.29, 0.717) is 12.2 Å². The van der Waals surface area contributed by atoms with Crippen molar-refractivity contribution in [2.75, 3.05) is 36.8 Å². The van der Waals surface area contributed by atoms with E-state index >= 15 is 0 Å². The van der Waals surface area contributed by atoms with Gasteiger partial charge in [0.2, 0.25) is 10.0 Å². The number of unbranched alkanes of at least 4 members (excludes halogenated alkanes) is 3. The molecule has 1 unspecified atom stereocenters. The smallest absolute Gasteiger partial charge is 0.354 e. The van der Waals surface area contributed by atoms with E-state index in [1.54, 1.807) is 4.90 Å². The normalized spacial score (nSPS) is 16.2. The highest BCUT2D eigenvalue weighted by molar-refractivity contribution is 7.89. The molecule has 8 nitrogen and oxygen atoms in total. The average Bonchev–Trinajstić information content (AvgIpc) is 2.77. The van der Waals surface area contributed by atoms with Crippen LogP contribution in [0.15, 0.2) is 18.3 Å². The number of anilines is 1. The van der Waals surface area contributed by atoms with Crippen LogP contribution in [0.25, 0.3) is 0 Å². The Morgan fingerprint density at radius 2 is 1.94 bits per heavy atom. The highest BCUT2D eigenvalue weighted by Crippen LogP contribution is 2.29. The minimum absolute atomic E-state index is 0.0857. The number of amides is 1. The second-order valence-corrected chi connectivity index (χ2v) is 9.39. The van der Waals surface area contributed by atoms with Crippen molar-refractivity contribution in [2.24, 2.45) is 5.92 Å². The number of hydrogen-bond donors (Lipinski definition) is 2. The molecule has 0 aromatic carbocycles. The number of piperazine rings is 1. The van der Waals surface area contributed by atoms with Crippen molar-refractivity contribution >= 4 is 21.7 Å². The number of aromatic nitrogens is 1. The van der Waals surface area contributed by atoms with Crippen LogP contribution in [0.3, 0.4) is 0 Å². The molecule has 2 heterocycles. The summed E-state index contributed by atoms with van der Waals surface area (Å²) in [6.45, 7) is 2.68. The number of hydroxylamine groups is 1. The van der Waals surface area contributed by atoms with E-state index in [1.165, 1.54) is 15.9 Å². The summed E-state index contributed by atoms with van der Waals surface area (Å²) in [7, 11) is -3.85. The van der Waals surface area contributed by atoms with Gasteiger partial charge in [0.05, 0.1) is 11.3 Å². The molecule has 0 spiro atoms. The van der Waals surface area contributed by atoms with Crippen LogP contribution in [0.5, 0.6) is 0 Å². The van der Waals surface area contributed by atoms with Gasteiger partial charge in [-0.3, -0.25) is 10.0 Å². The molecule has 178 valence electrons. The van der Waals surface area contributed by atoms with E-state index in [2.05, 4.69) is 16.8 Å². The van der Waals surface area contributed by atoms with E-state index in [0.717, 1.165) is 31.5 Å². The number of carbonyl (C=O) groups excluding carboxylic acids is 1. The van der Waals surface area contributed by atoms with Crippen LogP contribution in [0, 0.1) is 17.8 Å². The Morgan fingerprint density at radius 3 is 2.47 bits per heavy atom. The first-order valence-electron chi connectivity index (χ1n) is 10.3. The summed E-state index contributed by atoms with van der Waals surface area (Å²) in [4.78, 5) is 17.4. The summed E-state index contributed by atoms with van der Waals surface area (Å²) < 4.78 is 64.8. The Morgan fingerprint density at radius 1 is 1.25 bits per heavy atom. The van der Waals surface area contributed by atoms with Gasteiger partial charge in [-0.05, 0) is 18.6 Å². The Labute approximate surface area is 185 Å². The Bertz CT molecular complexity index is 919. The molecule has 1 atom stereocenters. The SMILES string of the molecule is CCCCCC#CC(CS(=O)(=O)N1CCN(c2ccc(C(F)(F)F)cn2)CC1)C(=O)NO. The molecule has 1 fully saturated rings. The van der Waals surface area contributed by atoms with E-state index < -0.39 is 39.3 Å². The minimum Gasteiger partial charge on any atom is -0.354 e. The van der Waals surface area contributed by atoms with Crippen molar-refractivity contribution in [3.05, 3.63) is 23.9 Å². The molecule has 12 heteroatoms. The third kappa shape index (κ3) is 7.36. The van der Waals surface area contributed by atoms with Crippen LogP contribution >= 0.6 is 0 Å². The lowest BCUT2D eigenvalue weighted by Crippen LogP contribution is -2.50. The molecule has 1 aliphatic heterocycles. The Hall–Kier alpha value is -2.36. The van der Waals surface area contributed by atoms with Crippen LogP contribution in [0.4, 0.5) is 19.0 Å². The number of halogens is 3. The molecular weight excluding hydrogens is 449 g/mol. The number of hydrogen-bond acceptors (Lipinski definition) is 6. The Balaban J connectivity index is 1.99. The van der Waals surface area contributed by atoms with Crippen molar-refractivity contribution in [3.63, 3.8) is 0 Å². The predicted molar refractivity (Wildman–Crippen MR) is 112 cm³/mol. The van der Waals surface area contributed by atoms with Crippen LogP contribution in [-0.4, -0.2) is 60.8 Å². The number of nitrogens with one attached hydrogen (secondary N) is 1. The van der Waals surface area contributed by atoms with Crippen molar-refractivity contribution < 1.29 is 31.6 Å². The summed E-state index contributed by atoms with van der Waals surface area (Å²) in [5, 5.41) is 8.92. The molecule has 0 saturated carbocycles. The first-order chi connectivity index (χ1) is 15.1. The fourth-order valence-electron chi connectivity index (χ4n) is 3.17. The second kappa shape index (κ2) is 11.5. The summed E-state index contributed by atoms with van der Waals surface area (Å²) >= 11 is 0. The second-order valence-electron chi connectivity index (χ2n) is 7.37. The van der Waals surface area contributed by atoms with Gasteiger partial charge in [0.25, 0.3) is 5.91 Å². The van der Waals surface area contributed by atoms with Gasteiger partial charge < -0.3 is 4.90 Å². The van der Waals surface area contributed by atoms with Gasteiger partial charge in [-0.2, -0.15) is 17.5 Å². The van der Waals surface area contributed by atoms with E-state index in [-0.39, 0.29) is 26.2 Å². The maximum Gasteiger partial charge on any atom is 0.417 e. The zero-order chi connectivity index (χ0) is 23.8. The van der Waals surface area contributed by atoms with Gasteiger partial charge in [0.15, 0.2) is 0 Å². The molecule has 0 aliphatic carbocycles. The van der Waals surface area contributed by atoms with E-state index in [1.807, 2.05) is 6.92 Å². The molecule has 1 aromatic heterocycles. The van der Waals surface area contributed by atoms with Crippen LogP contribution in [0.2, 0.25) is 0 Å². The van der Waals surface area contributed by atoms with Crippen molar-refractivity contribution in [1.29, 1.82) is 0 Å². The third-order valence-corrected chi connectivity index (χ3v) is 6.92. The van der Waals surface area contributed by atoms with Crippen LogP contribution < -0.4 is 10.4 Å². The van der Waals surface area contributed by atoms with Crippen molar-refractivity contribution in [3.8, 4) is 11.8 Å². The maximum atomic E-state index is 12.8. The fraction of sp³-hybridized carbons (Fsp3) is 0.600. The van der Waals surface area contributed by atoms with Gasteiger partial charge in [0, 0.05) is 38.8 Å². The first-order valence-corrected chi connectivity index (χ1v) is 11.9. The highest BCUT2D eigenvalue weighted by Gasteiger charge is 2.33.